The lowest BCUT2D eigenvalue weighted by Crippen LogP contribution is -2.41. The number of carbonyl (C=O) groups is 4. The van der Waals surface area contributed by atoms with Crippen LogP contribution in [0.3, 0.4) is 0 Å². The second-order valence-electron chi connectivity index (χ2n) is 7.18. The molecule has 0 spiro atoms. The van der Waals surface area contributed by atoms with E-state index in [0.717, 1.165) is 6.20 Å². The van der Waals surface area contributed by atoms with Crippen LogP contribution in [0.25, 0.3) is 11.2 Å². The van der Waals surface area contributed by atoms with E-state index in [-0.39, 0.29) is 35.3 Å². The number of carboxylic acid groups (broad SMARTS) is 2. The summed E-state index contributed by atoms with van der Waals surface area (Å²) in [5, 5.41) is 24.8. The van der Waals surface area contributed by atoms with Gasteiger partial charge in [0.25, 0.3) is 11.5 Å². The number of carbonyl (C=O) groups excluding carboxylic acids is 2. The van der Waals surface area contributed by atoms with Gasteiger partial charge in [0.15, 0.2) is 11.2 Å². The van der Waals surface area contributed by atoms with Gasteiger partial charge < -0.3 is 20.8 Å². The van der Waals surface area contributed by atoms with Gasteiger partial charge in [0, 0.05) is 19.5 Å². The van der Waals surface area contributed by atoms with Gasteiger partial charge in [-0.15, -0.1) is 0 Å². The minimum absolute atomic E-state index is 0.0214. The van der Waals surface area contributed by atoms with Gasteiger partial charge in [0.2, 0.25) is 23.8 Å². The van der Waals surface area contributed by atoms with Crippen molar-refractivity contribution in [2.24, 2.45) is 0 Å². The Balaban J connectivity index is 1.68. The molecule has 0 radical (unpaired) electrons. The minimum Gasteiger partial charge on any atom is -0.481 e. The summed E-state index contributed by atoms with van der Waals surface area (Å²) in [6, 6.07) is -1.55. The predicted octanol–water partition coefficient (Wildman–Crippen LogP) is -0.739. The highest BCUT2D eigenvalue weighted by Crippen LogP contribution is 2.10. The van der Waals surface area contributed by atoms with Gasteiger partial charge in [-0.3, -0.25) is 29.5 Å². The Labute approximate surface area is 199 Å². The Morgan fingerprint density at radius 1 is 1.11 bits per heavy atom. The second-order valence-corrected chi connectivity index (χ2v) is 7.18. The molecule has 17 heteroatoms. The summed E-state index contributed by atoms with van der Waals surface area (Å²) in [5.74, 6) is -5.93. The van der Waals surface area contributed by atoms with E-state index in [4.69, 9.17) is 10.2 Å². The minimum atomic E-state index is -1.55. The number of nitrogens with zero attached hydrogens (tertiary/aromatic N) is 5. The van der Waals surface area contributed by atoms with Crippen LogP contribution in [0, 0.1) is 5.95 Å². The number of anilines is 2. The summed E-state index contributed by atoms with van der Waals surface area (Å²) in [6.07, 6.45) is 1.17. The third-order valence-electron chi connectivity index (χ3n) is 4.43. The molecule has 0 bridgehead atoms. The number of halogens is 1. The molecule has 0 saturated carbocycles. The maximum Gasteiger partial charge on any atom is 0.326 e. The van der Waals surface area contributed by atoms with Crippen molar-refractivity contribution >= 4 is 46.8 Å². The van der Waals surface area contributed by atoms with Crippen LogP contribution >= 0.6 is 0 Å². The molecule has 3 aromatic heterocycles. The molecule has 188 valence electrons. The van der Waals surface area contributed by atoms with Crippen molar-refractivity contribution in [1.29, 1.82) is 0 Å². The van der Waals surface area contributed by atoms with E-state index in [9.17, 15) is 28.4 Å². The molecular weight excluding hydrogens is 485 g/mol. The molecule has 36 heavy (non-hydrogen) atoms. The van der Waals surface area contributed by atoms with Crippen molar-refractivity contribution in [2.45, 2.75) is 32.4 Å². The van der Waals surface area contributed by atoms with Crippen LogP contribution in [-0.4, -0.2) is 69.9 Å². The first-order chi connectivity index (χ1) is 17.0. The fraction of sp³-hybridized carbons (Fsp3) is 0.263. The number of hydrogen-bond donors (Lipinski definition) is 6. The fourth-order valence-electron chi connectivity index (χ4n) is 2.79. The largest absolute Gasteiger partial charge is 0.481 e. The first kappa shape index (κ1) is 25.5. The molecule has 16 nitrogen and oxygen atoms in total. The predicted molar refractivity (Wildman–Crippen MR) is 117 cm³/mol. The average Bonchev–Trinajstić information content (AvgIpc) is 2.79. The van der Waals surface area contributed by atoms with Crippen molar-refractivity contribution < 1.29 is 33.8 Å². The average molecular weight is 503 g/mol. The van der Waals surface area contributed by atoms with Crippen LogP contribution in [0.15, 0.2) is 17.2 Å². The Morgan fingerprint density at radius 2 is 1.86 bits per heavy atom. The van der Waals surface area contributed by atoms with Crippen molar-refractivity contribution in [3.05, 3.63) is 40.0 Å². The Morgan fingerprint density at radius 3 is 2.50 bits per heavy atom. The number of amides is 2. The van der Waals surface area contributed by atoms with Crippen LogP contribution in [0.2, 0.25) is 0 Å². The molecule has 0 aliphatic heterocycles. The van der Waals surface area contributed by atoms with Gasteiger partial charge in [-0.25, -0.2) is 19.7 Å². The zero-order chi connectivity index (χ0) is 26.4. The molecule has 6 N–H and O–H groups in total. The van der Waals surface area contributed by atoms with Crippen LogP contribution in [0.5, 0.6) is 0 Å². The molecule has 3 aromatic rings. The quantitative estimate of drug-likeness (QED) is 0.187. The molecule has 2 amide bonds. The second kappa shape index (κ2) is 10.9. The lowest BCUT2D eigenvalue weighted by Gasteiger charge is -2.13. The highest BCUT2D eigenvalue weighted by atomic mass is 19.1. The van der Waals surface area contributed by atoms with Crippen molar-refractivity contribution in [2.75, 3.05) is 10.6 Å². The lowest BCUT2D eigenvalue weighted by atomic mass is 10.1. The molecule has 0 fully saturated rings. The lowest BCUT2D eigenvalue weighted by molar-refractivity contribution is -0.140. The van der Waals surface area contributed by atoms with E-state index < -0.39 is 59.7 Å². The van der Waals surface area contributed by atoms with Crippen molar-refractivity contribution in [1.82, 2.24) is 35.2 Å². The fourth-order valence-corrected chi connectivity index (χ4v) is 2.79. The number of nitrogens with one attached hydrogen (secondary N) is 4. The standard InChI is InChI=1S/C19H18FN9O7/c1-7(30)24-19-28-14-12(16(34)29-19)25-8(4-21-14)5-22-18-23-6-9(13(20)27-18)15(33)26-10(17(35)36)2-3-11(31)32/h4,6,10H,2-3,5H2,1H3,(H,26,33)(H,31,32)(H,35,36)(H,22,23,27)(H2,21,24,28,29,30,34)/t10-/m0/s1. The van der Waals surface area contributed by atoms with E-state index in [1.54, 1.807) is 0 Å². The van der Waals surface area contributed by atoms with E-state index in [1.165, 1.54) is 13.1 Å². The zero-order valence-electron chi connectivity index (χ0n) is 18.4. The highest BCUT2D eigenvalue weighted by Gasteiger charge is 2.24. The normalized spacial score (nSPS) is 11.5. The maximum atomic E-state index is 14.4. The number of aromatic nitrogens is 6. The molecule has 0 aromatic carbocycles. The van der Waals surface area contributed by atoms with E-state index in [1.807, 2.05) is 5.32 Å². The van der Waals surface area contributed by atoms with E-state index in [0.29, 0.717) is 0 Å². The van der Waals surface area contributed by atoms with Gasteiger partial charge >= 0.3 is 11.9 Å². The topological polar surface area (TPSA) is 242 Å². The maximum absolute atomic E-state index is 14.4. The zero-order valence-corrected chi connectivity index (χ0v) is 18.4. The van der Waals surface area contributed by atoms with Gasteiger partial charge in [-0.05, 0) is 6.42 Å². The molecule has 0 aliphatic carbocycles. The summed E-state index contributed by atoms with van der Waals surface area (Å²) in [5.41, 5.74) is -1.21. The number of carboxylic acids is 2. The number of H-pyrrole nitrogens is 1. The molecule has 0 aliphatic rings. The molecule has 0 unspecified atom stereocenters. The number of fused-ring (bicyclic) bond motifs is 1. The third kappa shape index (κ3) is 6.49. The summed E-state index contributed by atoms with van der Waals surface area (Å²) in [6.45, 7) is 1.14. The number of aromatic amines is 1. The van der Waals surface area contributed by atoms with Gasteiger partial charge in [-0.1, -0.05) is 0 Å². The van der Waals surface area contributed by atoms with Crippen LogP contribution in [0.4, 0.5) is 16.3 Å². The summed E-state index contributed by atoms with van der Waals surface area (Å²) in [7, 11) is 0. The van der Waals surface area contributed by atoms with Crippen LogP contribution in [-0.2, 0) is 20.9 Å². The Kier molecular flexibility index (Phi) is 7.72. The van der Waals surface area contributed by atoms with Crippen LogP contribution < -0.4 is 21.5 Å². The highest BCUT2D eigenvalue weighted by molar-refractivity contribution is 5.96. The number of aliphatic carboxylic acids is 2. The first-order valence-corrected chi connectivity index (χ1v) is 10.1. The SMILES string of the molecule is CC(=O)Nc1nc2ncc(CNc3ncc(C(=O)N[C@@H](CCC(=O)O)C(=O)O)c(F)n3)nc2c(=O)[nH]1. The smallest absolute Gasteiger partial charge is 0.326 e. The van der Waals surface area contributed by atoms with Gasteiger partial charge in [0.1, 0.15) is 11.6 Å². The van der Waals surface area contributed by atoms with E-state index >= 15 is 0 Å². The molecule has 1 atom stereocenters. The molecular formula is C19H18FN9O7. The number of hydrogen-bond acceptors (Lipinski definition) is 11. The van der Waals surface area contributed by atoms with Crippen LogP contribution in [0.1, 0.15) is 35.8 Å². The third-order valence-corrected chi connectivity index (χ3v) is 4.43. The summed E-state index contributed by atoms with van der Waals surface area (Å²) in [4.78, 5) is 79.1. The molecule has 3 rings (SSSR count). The van der Waals surface area contributed by atoms with E-state index in [2.05, 4.69) is 40.5 Å². The Hall–Kier alpha value is -5.09. The molecule has 0 saturated heterocycles. The number of rotatable bonds is 10. The van der Waals surface area contributed by atoms with Gasteiger partial charge in [0.05, 0.1) is 18.4 Å². The van der Waals surface area contributed by atoms with Crippen molar-refractivity contribution in [3.8, 4) is 0 Å². The Bertz CT molecular complexity index is 1410. The summed E-state index contributed by atoms with van der Waals surface area (Å²) < 4.78 is 14.4. The van der Waals surface area contributed by atoms with Crippen molar-refractivity contribution in [3.63, 3.8) is 0 Å². The molecule has 3 heterocycles. The van der Waals surface area contributed by atoms with Gasteiger partial charge in [-0.2, -0.15) is 14.4 Å². The summed E-state index contributed by atoms with van der Waals surface area (Å²) >= 11 is 0. The monoisotopic (exact) mass is 503 g/mol. The first-order valence-electron chi connectivity index (χ1n) is 10.1.